The number of nitrogens with two attached hydrogens (primary N) is 1. The van der Waals surface area contributed by atoms with Crippen LogP contribution in [0.25, 0.3) is 0 Å². The van der Waals surface area contributed by atoms with Crippen LogP contribution in [-0.4, -0.2) is 24.8 Å². The lowest BCUT2D eigenvalue weighted by atomic mass is 9.33. The average Bonchev–Trinajstić information content (AvgIpc) is 3.35. The van der Waals surface area contributed by atoms with E-state index in [9.17, 15) is 9.18 Å². The zero-order valence-electron chi connectivity index (χ0n) is 30.2. The van der Waals surface area contributed by atoms with Crippen LogP contribution in [0, 0.1) is 62.6 Å². The molecule has 0 aliphatic heterocycles. The highest BCUT2D eigenvalue weighted by Gasteiger charge is 2.70. The minimum Gasteiger partial charge on any atom is -0.465 e. The molecular weight excluding hydrogens is 557 g/mol. The highest BCUT2D eigenvalue weighted by atomic mass is 19.1. The topological polar surface area (TPSA) is 52.3 Å². The Kier molecular flexibility index (Phi) is 8.60. The number of hydrogen-bond acceptors (Lipinski definition) is 3. The highest BCUT2D eigenvalue weighted by Crippen LogP contribution is 2.76. The molecule has 0 radical (unpaired) electrons. The molecule has 0 heterocycles. The molecule has 6 rings (SSSR count). The maximum Gasteiger partial charge on any atom is 0.315 e. The van der Waals surface area contributed by atoms with E-state index in [-0.39, 0.29) is 22.3 Å². The molecule has 0 aromatic carbocycles. The summed E-state index contributed by atoms with van der Waals surface area (Å²) in [6.07, 6.45) is 19.9. The molecule has 6 aliphatic carbocycles. The highest BCUT2D eigenvalue weighted by molar-refractivity contribution is 5.77. The van der Waals surface area contributed by atoms with E-state index in [1.165, 1.54) is 62.5 Å². The molecule has 45 heavy (non-hydrogen) atoms. The fraction of sp³-hybridized carbons (Fsp3) is 0.878. The van der Waals surface area contributed by atoms with Gasteiger partial charge in [-0.1, -0.05) is 74.0 Å². The third-order valence-corrected chi connectivity index (χ3v) is 16.4. The Morgan fingerprint density at radius 2 is 1.69 bits per heavy atom. The Morgan fingerprint density at radius 1 is 0.933 bits per heavy atom. The van der Waals surface area contributed by atoms with E-state index in [1.54, 1.807) is 0 Å². The van der Waals surface area contributed by atoms with Gasteiger partial charge in [-0.25, -0.2) is 4.39 Å². The Hall–Kier alpha value is -1.16. The van der Waals surface area contributed by atoms with Crippen molar-refractivity contribution in [2.24, 2.45) is 68.3 Å². The first kappa shape index (κ1) is 33.7. The molecule has 0 aromatic rings. The van der Waals surface area contributed by atoms with Gasteiger partial charge in [0.1, 0.15) is 6.67 Å². The van der Waals surface area contributed by atoms with Gasteiger partial charge in [-0.2, -0.15) is 0 Å². The van der Waals surface area contributed by atoms with E-state index in [4.69, 9.17) is 10.5 Å². The van der Waals surface area contributed by atoms with Gasteiger partial charge in [-0.15, -0.1) is 0 Å². The summed E-state index contributed by atoms with van der Waals surface area (Å²) >= 11 is 0. The zero-order chi connectivity index (χ0) is 32.6. The summed E-state index contributed by atoms with van der Waals surface area (Å²) in [5.74, 6) is 3.97. The van der Waals surface area contributed by atoms with Gasteiger partial charge in [0.25, 0.3) is 0 Å². The van der Waals surface area contributed by atoms with Crippen LogP contribution in [0.5, 0.6) is 0 Å². The number of halogens is 1. The van der Waals surface area contributed by atoms with Crippen molar-refractivity contribution in [2.45, 2.75) is 151 Å². The quantitative estimate of drug-likeness (QED) is 0.227. The molecule has 0 unspecified atom stereocenters. The molecule has 0 saturated heterocycles. The Labute approximate surface area is 275 Å². The van der Waals surface area contributed by atoms with Crippen molar-refractivity contribution in [1.29, 1.82) is 0 Å². The predicted octanol–water partition coefficient (Wildman–Crippen LogP) is 10.4. The maximum absolute atomic E-state index is 14.4. The van der Waals surface area contributed by atoms with E-state index >= 15 is 0 Å². The SMILES string of the molecule is CCCCOC(=O)[C@@]1(CF)CC=C(C2=CC[C@]3(C)[C@H]4CC[C@@H]5[C@H]6[C@H](C(C)C)CC[C@]6(N)CC[C@@]5(C)[C@]4(C)CC[C@H]3C2(C)C)CC1. The van der Waals surface area contributed by atoms with Gasteiger partial charge in [-0.3, -0.25) is 4.79 Å². The summed E-state index contributed by atoms with van der Waals surface area (Å²) in [4.78, 5) is 13.0. The number of allylic oxidation sites excluding steroid dienone is 4. The lowest BCUT2D eigenvalue weighted by Crippen LogP contribution is -2.67. The molecule has 4 fully saturated rings. The molecule has 0 bridgehead atoms. The maximum atomic E-state index is 14.4. The summed E-state index contributed by atoms with van der Waals surface area (Å²) in [6, 6.07) is 0. The van der Waals surface area contributed by atoms with E-state index in [2.05, 4.69) is 67.5 Å². The molecule has 0 amide bonds. The zero-order valence-corrected chi connectivity index (χ0v) is 30.2. The number of hydrogen-bond donors (Lipinski definition) is 1. The largest absolute Gasteiger partial charge is 0.465 e. The van der Waals surface area contributed by atoms with Crippen molar-refractivity contribution in [3.8, 4) is 0 Å². The molecule has 0 spiro atoms. The summed E-state index contributed by atoms with van der Waals surface area (Å²) in [7, 11) is 0. The van der Waals surface area contributed by atoms with Crippen LogP contribution in [0.3, 0.4) is 0 Å². The van der Waals surface area contributed by atoms with Crippen LogP contribution in [0.1, 0.15) is 145 Å². The molecule has 6 aliphatic rings. The molecule has 2 N–H and O–H groups in total. The molecule has 4 heteroatoms. The summed E-state index contributed by atoms with van der Waals surface area (Å²) in [6.45, 7) is 19.9. The van der Waals surface area contributed by atoms with E-state index in [0.29, 0.717) is 42.1 Å². The van der Waals surface area contributed by atoms with Crippen molar-refractivity contribution < 1.29 is 13.9 Å². The van der Waals surface area contributed by atoms with Gasteiger partial charge in [0.15, 0.2) is 0 Å². The van der Waals surface area contributed by atoms with Gasteiger partial charge >= 0.3 is 5.97 Å². The first-order valence-corrected chi connectivity index (χ1v) is 19.1. The second-order valence-corrected chi connectivity index (χ2v) is 18.8. The van der Waals surface area contributed by atoms with Gasteiger partial charge in [0, 0.05) is 5.54 Å². The second kappa shape index (κ2) is 11.5. The average molecular weight is 624 g/mol. The minimum atomic E-state index is -0.999. The standard InChI is InChI=1S/C41H66FNO2/c1-9-10-25-45-35(44)40(26-42)20-13-28(14-21-40)30-16-18-37(6)32(36(30,4)5)17-19-39(8)33(37)12-11-31-34-29(27(2)3)15-22-41(34,43)24-23-38(31,39)7/h13,16,27,29,31-34H,9-12,14-15,17-26,43H2,1-8H3/t29-,31+,32-,33+,34+,37-,38+,39+,40-,41-/m0/s1. The third-order valence-electron chi connectivity index (χ3n) is 16.4. The van der Waals surface area contributed by atoms with Crippen molar-refractivity contribution >= 4 is 5.97 Å². The normalized spacial score (nSPS) is 47.1. The number of rotatable bonds is 7. The van der Waals surface area contributed by atoms with Crippen molar-refractivity contribution in [3.63, 3.8) is 0 Å². The number of alkyl halides is 1. The minimum absolute atomic E-state index is 0.0580. The summed E-state index contributed by atoms with van der Waals surface area (Å²) < 4.78 is 20.0. The monoisotopic (exact) mass is 624 g/mol. The smallest absolute Gasteiger partial charge is 0.315 e. The Bertz CT molecular complexity index is 1220. The van der Waals surface area contributed by atoms with Gasteiger partial charge in [0.2, 0.25) is 0 Å². The van der Waals surface area contributed by atoms with Crippen LogP contribution in [0.4, 0.5) is 4.39 Å². The molecular formula is C41H66FNO2. The number of fused-ring (bicyclic) bond motifs is 7. The number of carbonyl (C=O) groups is 1. The third kappa shape index (κ3) is 4.81. The van der Waals surface area contributed by atoms with E-state index in [1.807, 2.05) is 0 Å². The molecule has 0 aromatic heterocycles. The van der Waals surface area contributed by atoms with Crippen LogP contribution < -0.4 is 5.73 Å². The Balaban J connectivity index is 1.26. The van der Waals surface area contributed by atoms with Crippen LogP contribution in [0.15, 0.2) is 23.3 Å². The summed E-state index contributed by atoms with van der Waals surface area (Å²) in [5.41, 5.74) is 10.3. The van der Waals surface area contributed by atoms with Crippen molar-refractivity contribution in [2.75, 3.05) is 13.3 Å². The van der Waals surface area contributed by atoms with E-state index < -0.39 is 12.1 Å². The predicted molar refractivity (Wildman–Crippen MR) is 183 cm³/mol. The second-order valence-electron chi connectivity index (χ2n) is 18.8. The van der Waals surface area contributed by atoms with Crippen LogP contribution in [0.2, 0.25) is 0 Å². The Morgan fingerprint density at radius 3 is 2.33 bits per heavy atom. The van der Waals surface area contributed by atoms with E-state index in [0.717, 1.165) is 49.4 Å². The number of esters is 1. The lowest BCUT2D eigenvalue weighted by Gasteiger charge is -2.72. The van der Waals surface area contributed by atoms with Crippen LogP contribution in [-0.2, 0) is 9.53 Å². The first-order valence-electron chi connectivity index (χ1n) is 19.1. The van der Waals surface area contributed by atoms with Crippen LogP contribution >= 0.6 is 0 Å². The van der Waals surface area contributed by atoms with Crippen molar-refractivity contribution in [3.05, 3.63) is 23.3 Å². The molecule has 254 valence electrons. The number of unbranched alkanes of at least 4 members (excludes halogenated alkanes) is 1. The van der Waals surface area contributed by atoms with Gasteiger partial charge in [-0.05, 0) is 152 Å². The fourth-order valence-corrected chi connectivity index (χ4v) is 13.6. The number of ether oxygens (including phenoxy) is 1. The molecule has 10 atom stereocenters. The number of carbonyl (C=O) groups excluding carboxylic acids is 1. The van der Waals surface area contributed by atoms with Crippen molar-refractivity contribution in [1.82, 2.24) is 0 Å². The molecule has 3 nitrogen and oxygen atoms in total. The molecule has 4 saturated carbocycles. The first-order chi connectivity index (χ1) is 21.1. The van der Waals surface area contributed by atoms with Gasteiger partial charge < -0.3 is 10.5 Å². The fourth-order valence-electron chi connectivity index (χ4n) is 13.6. The lowest BCUT2D eigenvalue weighted by molar-refractivity contribution is -0.221. The summed E-state index contributed by atoms with van der Waals surface area (Å²) in [5, 5.41) is 0. The van der Waals surface area contributed by atoms with Gasteiger partial charge in [0.05, 0.1) is 12.0 Å².